The Morgan fingerprint density at radius 2 is 1.48 bits per heavy atom. The number of hydrogen-bond acceptors (Lipinski definition) is 8. The van der Waals surface area contributed by atoms with Crippen LogP contribution in [0.25, 0.3) is 0 Å². The third-order valence-corrected chi connectivity index (χ3v) is 9.62. The fourth-order valence-corrected chi connectivity index (χ4v) is 7.18. The van der Waals surface area contributed by atoms with Crippen molar-refractivity contribution in [1.29, 1.82) is 0 Å². The molecule has 0 amide bonds. The van der Waals surface area contributed by atoms with Crippen LogP contribution in [-0.2, 0) is 27.8 Å². The first-order chi connectivity index (χ1) is 19.7. The number of carbonyl (C=O) groups is 1. The molecule has 7 nitrogen and oxygen atoms in total. The molecule has 42 heavy (non-hydrogen) atoms. The van der Waals surface area contributed by atoms with Crippen LogP contribution in [0.2, 0.25) is 0 Å². The zero-order valence-electron chi connectivity index (χ0n) is 26.0. The molecular formula is C32H47NaO7S2. The third kappa shape index (κ3) is 12.1. The first-order valence-electron chi connectivity index (χ1n) is 15.4. The summed E-state index contributed by atoms with van der Waals surface area (Å²) in [4.78, 5) is 14.6. The van der Waals surface area contributed by atoms with E-state index < -0.39 is 22.0 Å². The predicted octanol–water partition coefficient (Wildman–Crippen LogP) is 5.15. The normalized spacial score (nSPS) is 13.4. The largest absolute Gasteiger partial charge is 1.00 e. The molecule has 1 aromatic heterocycles. The van der Waals surface area contributed by atoms with Crippen molar-refractivity contribution in [3.63, 3.8) is 0 Å². The molecule has 1 unspecified atom stereocenters. The van der Waals surface area contributed by atoms with Gasteiger partial charge in [0.05, 0.1) is 15.7 Å². The third-order valence-electron chi connectivity index (χ3n) is 7.60. The molecule has 1 aromatic carbocycles. The van der Waals surface area contributed by atoms with Crippen molar-refractivity contribution < 1.29 is 61.5 Å². The number of thiophene rings is 1. The molecule has 3 rings (SSSR count). The summed E-state index contributed by atoms with van der Waals surface area (Å²) in [5.41, 5.74) is 0.412. The smallest absolute Gasteiger partial charge is 0.744 e. The Labute approximate surface area is 279 Å². The molecule has 0 spiro atoms. The van der Waals surface area contributed by atoms with E-state index >= 15 is 0 Å². The second-order valence-electron chi connectivity index (χ2n) is 11.2. The summed E-state index contributed by atoms with van der Waals surface area (Å²) in [6, 6.07) is 4.18. The fourth-order valence-electron chi connectivity index (χ4n) is 5.27. The second kappa shape index (κ2) is 19.3. The number of ether oxygens (including phenoxy) is 3. The molecule has 0 aliphatic carbocycles. The van der Waals surface area contributed by atoms with E-state index in [1.165, 1.54) is 82.4 Å². The van der Waals surface area contributed by atoms with Gasteiger partial charge in [-0.05, 0) is 49.9 Å². The van der Waals surface area contributed by atoms with Gasteiger partial charge in [0.1, 0.15) is 29.1 Å². The zero-order valence-corrected chi connectivity index (χ0v) is 29.6. The minimum atomic E-state index is -4.62. The van der Waals surface area contributed by atoms with Crippen LogP contribution in [0.4, 0.5) is 0 Å². The Morgan fingerprint density at radius 3 is 2.05 bits per heavy atom. The average molecular weight is 631 g/mol. The molecule has 2 heterocycles. The zero-order chi connectivity index (χ0) is 29.7. The van der Waals surface area contributed by atoms with Crippen LogP contribution in [0.3, 0.4) is 0 Å². The van der Waals surface area contributed by atoms with E-state index in [0.29, 0.717) is 37.4 Å². The quantitative estimate of drug-likeness (QED) is 0.0695. The van der Waals surface area contributed by atoms with E-state index in [4.69, 9.17) is 14.2 Å². The van der Waals surface area contributed by atoms with Crippen LogP contribution in [0, 0.1) is 12.8 Å². The summed E-state index contributed by atoms with van der Waals surface area (Å²) < 4.78 is 52.7. The summed E-state index contributed by atoms with van der Waals surface area (Å²) in [7, 11) is -4.62. The molecule has 1 atom stereocenters. The fraction of sp³-hybridized carbons (Fsp3) is 0.656. The minimum Gasteiger partial charge on any atom is -0.744 e. The summed E-state index contributed by atoms with van der Waals surface area (Å²) in [5.74, 6) is 0.844. The number of carbonyl (C=O) groups excluding carboxylic acids is 1. The van der Waals surface area contributed by atoms with Crippen molar-refractivity contribution >= 4 is 27.4 Å². The van der Waals surface area contributed by atoms with E-state index in [0.717, 1.165) is 34.8 Å². The average Bonchev–Trinajstić information content (AvgIpc) is 3.25. The van der Waals surface area contributed by atoms with Crippen molar-refractivity contribution in [3.8, 4) is 17.2 Å². The van der Waals surface area contributed by atoms with E-state index in [-0.39, 0.29) is 40.2 Å². The number of benzene rings is 1. The monoisotopic (exact) mass is 630 g/mol. The number of fused-ring (bicyclic) bond motifs is 1. The number of hydrogen-bond donors (Lipinski definition) is 0. The molecular weight excluding hydrogens is 583 g/mol. The number of unbranched alkanes of at least 4 members (excludes halogenated alkanes) is 12. The van der Waals surface area contributed by atoms with Crippen molar-refractivity contribution in [2.75, 3.05) is 13.2 Å². The molecule has 0 bridgehead atoms. The standard InChI is InChI=1S/C32H48O7S2.Na/c1-4-5-6-7-8-9-10-11-12-13-14-15-16-17-26-23-27(18-19-29(26)41(34,35)36)39-32(33)24(2)22-28-31-30(25(3)40-28)37-20-21-38-31;/h18-19,23-24H,4-17,20-22H2,1-3H3,(H,34,35,36);/q;+1/p-1. The maximum Gasteiger partial charge on any atom is 1.00 e. The summed E-state index contributed by atoms with van der Waals surface area (Å²) in [6.07, 6.45) is 16.7. The van der Waals surface area contributed by atoms with Gasteiger partial charge in [-0.25, -0.2) is 8.42 Å². The Kier molecular flexibility index (Phi) is 17.1. The second-order valence-corrected chi connectivity index (χ2v) is 13.8. The van der Waals surface area contributed by atoms with Crippen LogP contribution in [0.5, 0.6) is 17.2 Å². The maximum absolute atomic E-state index is 12.9. The van der Waals surface area contributed by atoms with Crippen molar-refractivity contribution in [3.05, 3.63) is 33.5 Å². The molecule has 1 aliphatic heterocycles. The maximum atomic E-state index is 12.9. The van der Waals surface area contributed by atoms with Crippen molar-refractivity contribution in [2.24, 2.45) is 5.92 Å². The first kappa shape index (κ1) is 37.1. The van der Waals surface area contributed by atoms with Gasteiger partial charge in [-0.3, -0.25) is 4.79 Å². The molecule has 0 saturated carbocycles. The van der Waals surface area contributed by atoms with Crippen LogP contribution >= 0.6 is 11.3 Å². The molecule has 0 saturated heterocycles. The minimum absolute atomic E-state index is 0. The summed E-state index contributed by atoms with van der Waals surface area (Å²) >= 11 is 1.55. The van der Waals surface area contributed by atoms with Gasteiger partial charge in [0.25, 0.3) is 0 Å². The molecule has 0 fully saturated rings. The predicted molar refractivity (Wildman–Crippen MR) is 162 cm³/mol. The van der Waals surface area contributed by atoms with Crippen molar-refractivity contribution in [2.45, 2.75) is 122 Å². The summed E-state index contributed by atoms with van der Waals surface area (Å²) in [5, 5.41) is 0. The van der Waals surface area contributed by atoms with Gasteiger partial charge >= 0.3 is 35.5 Å². The van der Waals surface area contributed by atoms with Gasteiger partial charge in [-0.15, -0.1) is 11.3 Å². The van der Waals surface area contributed by atoms with Crippen LogP contribution in [0.15, 0.2) is 23.1 Å². The Bertz CT molecular complexity index is 1210. The molecule has 0 radical (unpaired) electrons. The van der Waals surface area contributed by atoms with Gasteiger partial charge in [-0.2, -0.15) is 0 Å². The number of esters is 1. The van der Waals surface area contributed by atoms with Gasteiger partial charge in [0.15, 0.2) is 11.5 Å². The van der Waals surface area contributed by atoms with Gasteiger partial charge in [-0.1, -0.05) is 90.9 Å². The van der Waals surface area contributed by atoms with E-state index in [2.05, 4.69) is 6.92 Å². The van der Waals surface area contributed by atoms with Crippen molar-refractivity contribution in [1.82, 2.24) is 0 Å². The molecule has 2 aromatic rings. The van der Waals surface area contributed by atoms with Crippen LogP contribution < -0.4 is 43.8 Å². The summed E-state index contributed by atoms with van der Waals surface area (Å²) in [6.45, 7) is 6.99. The Balaban J connectivity index is 0.00000616. The SMILES string of the molecule is CCCCCCCCCCCCCCCc1cc(OC(=O)C(C)Cc2sc(C)c3c2OCCO3)ccc1S(=O)(=O)[O-].[Na+]. The van der Waals surface area contributed by atoms with Gasteiger partial charge in [0, 0.05) is 4.88 Å². The number of aryl methyl sites for hydroxylation is 2. The molecule has 1 aliphatic rings. The Morgan fingerprint density at radius 1 is 0.929 bits per heavy atom. The molecule has 10 heteroatoms. The Hall–Kier alpha value is -1.10. The van der Waals surface area contributed by atoms with E-state index in [1.807, 2.05) is 6.92 Å². The van der Waals surface area contributed by atoms with Crippen LogP contribution in [0.1, 0.15) is 113 Å². The molecule has 0 N–H and O–H groups in total. The van der Waals surface area contributed by atoms with E-state index in [1.54, 1.807) is 18.3 Å². The van der Waals surface area contributed by atoms with Gasteiger partial charge in [0.2, 0.25) is 0 Å². The topological polar surface area (TPSA) is 102 Å². The molecule has 230 valence electrons. The number of rotatable bonds is 19. The first-order valence-corrected chi connectivity index (χ1v) is 17.6. The van der Waals surface area contributed by atoms with Gasteiger partial charge < -0.3 is 18.8 Å². The van der Waals surface area contributed by atoms with Crippen LogP contribution in [-0.4, -0.2) is 32.2 Å². The van der Waals surface area contributed by atoms with E-state index in [9.17, 15) is 17.8 Å².